The summed E-state index contributed by atoms with van der Waals surface area (Å²) in [6, 6.07) is 0. The van der Waals surface area contributed by atoms with Crippen molar-refractivity contribution in [1.82, 2.24) is 0 Å². The maximum Gasteiger partial charge on any atom is 0.305 e. The fourth-order valence-electron chi connectivity index (χ4n) is 0.667. The van der Waals surface area contributed by atoms with E-state index in [1.807, 2.05) is 6.92 Å². The molecule has 0 amide bonds. The van der Waals surface area contributed by atoms with Gasteiger partial charge in [-0.1, -0.05) is 0 Å². The van der Waals surface area contributed by atoms with Gasteiger partial charge in [-0.05, 0) is 13.8 Å². The molecule has 0 saturated carbocycles. The minimum Gasteiger partial charge on any atom is -0.433 e. The van der Waals surface area contributed by atoms with Crippen molar-refractivity contribution in [3.63, 3.8) is 0 Å². The molecule has 0 saturated heterocycles. The number of esters is 1. The molecule has 0 spiro atoms. The van der Waals surface area contributed by atoms with Gasteiger partial charge in [0.15, 0.2) is 0 Å². The van der Waals surface area contributed by atoms with Crippen molar-refractivity contribution < 1.29 is 19.0 Å². The summed E-state index contributed by atoms with van der Waals surface area (Å²) in [5.74, 6) is -0.374. The Kier molecular flexibility index (Phi) is 6.70. The average molecular weight is 175 g/mol. The van der Waals surface area contributed by atoms with Crippen LogP contribution in [0.1, 0.15) is 13.8 Å². The Morgan fingerprint density at radius 1 is 1.58 bits per heavy atom. The highest BCUT2D eigenvalue weighted by Gasteiger charge is 2.10. The molecular formula is C8H15O4. The first-order valence-corrected chi connectivity index (χ1v) is 3.86. The predicted octanol–water partition coefficient (Wildman–Crippen LogP) is 0.763. The minimum atomic E-state index is -0.603. The van der Waals surface area contributed by atoms with Crippen molar-refractivity contribution in [2.75, 3.05) is 19.8 Å². The van der Waals surface area contributed by atoms with Gasteiger partial charge >= 0.3 is 5.97 Å². The number of ether oxygens (including phenoxy) is 3. The summed E-state index contributed by atoms with van der Waals surface area (Å²) in [6.07, 6.45) is -0.603. The van der Waals surface area contributed by atoms with E-state index in [0.29, 0.717) is 13.2 Å². The molecule has 1 atom stereocenters. The molecule has 0 aromatic rings. The van der Waals surface area contributed by atoms with Gasteiger partial charge in [-0.25, -0.2) is 0 Å². The van der Waals surface area contributed by atoms with Crippen LogP contribution in [0.2, 0.25) is 0 Å². The van der Waals surface area contributed by atoms with E-state index in [-0.39, 0.29) is 12.6 Å². The van der Waals surface area contributed by atoms with Crippen LogP contribution in [0.3, 0.4) is 0 Å². The van der Waals surface area contributed by atoms with Crippen LogP contribution >= 0.6 is 0 Å². The van der Waals surface area contributed by atoms with E-state index < -0.39 is 6.29 Å². The van der Waals surface area contributed by atoms with Crippen molar-refractivity contribution in [2.24, 2.45) is 0 Å². The topological polar surface area (TPSA) is 44.8 Å². The molecule has 0 rings (SSSR count). The summed E-state index contributed by atoms with van der Waals surface area (Å²) in [5, 5.41) is 0. The molecule has 0 aromatic carbocycles. The van der Waals surface area contributed by atoms with Crippen molar-refractivity contribution >= 4 is 5.97 Å². The molecule has 0 aliphatic carbocycles. The lowest BCUT2D eigenvalue weighted by Crippen LogP contribution is -2.25. The maximum absolute atomic E-state index is 10.5. The Bertz CT molecular complexity index is 124. The fraction of sp³-hybridized carbons (Fsp3) is 0.750. The molecule has 0 heterocycles. The zero-order valence-corrected chi connectivity index (χ0v) is 7.54. The van der Waals surface area contributed by atoms with Crippen molar-refractivity contribution in [3.8, 4) is 0 Å². The molecule has 1 radical (unpaired) electrons. The quantitative estimate of drug-likeness (QED) is 0.441. The molecule has 0 fully saturated rings. The SMILES string of the molecule is [CH2]COCC(OCC)OC(C)=O. The summed E-state index contributed by atoms with van der Waals surface area (Å²) < 4.78 is 14.8. The van der Waals surface area contributed by atoms with E-state index in [9.17, 15) is 4.79 Å². The Morgan fingerprint density at radius 2 is 2.25 bits per heavy atom. The molecule has 0 bridgehead atoms. The molecule has 4 heteroatoms. The second-order valence-electron chi connectivity index (χ2n) is 2.07. The second kappa shape index (κ2) is 7.06. The third-order valence-electron chi connectivity index (χ3n) is 1.05. The van der Waals surface area contributed by atoms with Crippen LogP contribution in [-0.4, -0.2) is 32.1 Å². The van der Waals surface area contributed by atoms with Crippen molar-refractivity contribution in [3.05, 3.63) is 6.92 Å². The van der Waals surface area contributed by atoms with Crippen LogP contribution in [-0.2, 0) is 19.0 Å². The van der Waals surface area contributed by atoms with Gasteiger partial charge in [0, 0.05) is 20.1 Å². The lowest BCUT2D eigenvalue weighted by molar-refractivity contribution is -0.186. The maximum atomic E-state index is 10.5. The predicted molar refractivity (Wildman–Crippen MR) is 43.4 cm³/mol. The number of rotatable bonds is 6. The normalized spacial score (nSPS) is 12.6. The molecule has 0 aromatic heterocycles. The lowest BCUT2D eigenvalue weighted by atomic mass is 10.6. The van der Waals surface area contributed by atoms with Gasteiger partial charge in [0.1, 0.15) is 6.61 Å². The van der Waals surface area contributed by atoms with Gasteiger partial charge in [0.05, 0.1) is 0 Å². The number of hydrogen-bond acceptors (Lipinski definition) is 4. The first-order chi connectivity index (χ1) is 5.70. The van der Waals surface area contributed by atoms with E-state index in [1.165, 1.54) is 6.92 Å². The smallest absolute Gasteiger partial charge is 0.305 e. The molecular weight excluding hydrogens is 160 g/mol. The van der Waals surface area contributed by atoms with E-state index >= 15 is 0 Å². The Morgan fingerprint density at radius 3 is 2.67 bits per heavy atom. The van der Waals surface area contributed by atoms with E-state index in [2.05, 4.69) is 6.92 Å². The molecule has 0 aliphatic rings. The van der Waals surface area contributed by atoms with Gasteiger partial charge < -0.3 is 14.2 Å². The van der Waals surface area contributed by atoms with E-state index in [0.717, 1.165) is 0 Å². The van der Waals surface area contributed by atoms with Crippen LogP contribution < -0.4 is 0 Å². The highest BCUT2D eigenvalue weighted by atomic mass is 16.7. The fourth-order valence-corrected chi connectivity index (χ4v) is 0.667. The van der Waals surface area contributed by atoms with Gasteiger partial charge in [-0.3, -0.25) is 4.79 Å². The molecule has 1 unspecified atom stereocenters. The monoisotopic (exact) mass is 175 g/mol. The lowest BCUT2D eigenvalue weighted by Gasteiger charge is -2.15. The zero-order chi connectivity index (χ0) is 9.40. The highest BCUT2D eigenvalue weighted by Crippen LogP contribution is 1.96. The number of carbonyl (C=O) groups excluding carboxylic acids is 1. The Hall–Kier alpha value is -0.610. The van der Waals surface area contributed by atoms with Crippen LogP contribution in [0.15, 0.2) is 0 Å². The van der Waals surface area contributed by atoms with Gasteiger partial charge in [0.25, 0.3) is 0 Å². The van der Waals surface area contributed by atoms with Crippen molar-refractivity contribution in [2.45, 2.75) is 20.1 Å². The summed E-state index contributed by atoms with van der Waals surface area (Å²) >= 11 is 0. The van der Waals surface area contributed by atoms with Crippen LogP contribution in [0.5, 0.6) is 0 Å². The van der Waals surface area contributed by atoms with Crippen molar-refractivity contribution in [1.29, 1.82) is 0 Å². The first kappa shape index (κ1) is 11.4. The third kappa shape index (κ3) is 6.12. The standard InChI is InChI=1S/C8H15O4/c1-4-10-6-8(11-5-2)12-7(3)9/h8H,1,4-6H2,2-3H3. The molecule has 71 valence electrons. The summed E-state index contributed by atoms with van der Waals surface area (Å²) in [5.41, 5.74) is 0. The second-order valence-corrected chi connectivity index (χ2v) is 2.07. The third-order valence-corrected chi connectivity index (χ3v) is 1.05. The first-order valence-electron chi connectivity index (χ1n) is 3.86. The molecule has 0 aliphatic heterocycles. The van der Waals surface area contributed by atoms with Crippen LogP contribution in [0, 0.1) is 6.92 Å². The Balaban J connectivity index is 3.61. The zero-order valence-electron chi connectivity index (χ0n) is 7.54. The van der Waals surface area contributed by atoms with E-state index in [1.54, 1.807) is 0 Å². The molecule has 4 nitrogen and oxygen atoms in total. The number of hydrogen-bond donors (Lipinski definition) is 0. The minimum absolute atomic E-state index is 0.233. The van der Waals surface area contributed by atoms with Crippen LogP contribution in [0.25, 0.3) is 0 Å². The van der Waals surface area contributed by atoms with Crippen LogP contribution in [0.4, 0.5) is 0 Å². The highest BCUT2D eigenvalue weighted by molar-refractivity contribution is 5.66. The molecule has 0 N–H and O–H groups in total. The average Bonchev–Trinajstić information content (AvgIpc) is 2.00. The Labute approximate surface area is 72.8 Å². The largest absolute Gasteiger partial charge is 0.433 e. The summed E-state index contributed by atoms with van der Waals surface area (Å²) in [7, 11) is 0. The summed E-state index contributed by atoms with van der Waals surface area (Å²) in [4.78, 5) is 10.5. The van der Waals surface area contributed by atoms with Gasteiger partial charge in [0.2, 0.25) is 6.29 Å². The van der Waals surface area contributed by atoms with E-state index in [4.69, 9.17) is 14.2 Å². The van der Waals surface area contributed by atoms with Gasteiger partial charge in [-0.15, -0.1) is 0 Å². The molecule has 12 heavy (non-hydrogen) atoms. The number of carbonyl (C=O) groups is 1. The summed E-state index contributed by atoms with van der Waals surface area (Å²) in [6.45, 7) is 7.68. The van der Waals surface area contributed by atoms with Gasteiger partial charge in [-0.2, -0.15) is 0 Å².